The normalized spacial score (nSPS) is 32.4. The average molecular weight is 717 g/mol. The number of benzene rings is 1. The van der Waals surface area contributed by atoms with Gasteiger partial charge in [-0.05, 0) is 62.8 Å². The number of hydrogen-bond acceptors (Lipinski definition) is 9. The van der Waals surface area contributed by atoms with Crippen molar-refractivity contribution in [3.05, 3.63) is 30.5 Å². The minimum absolute atomic E-state index is 0.00708. The summed E-state index contributed by atoms with van der Waals surface area (Å²) in [6, 6.07) is 4.30. The van der Waals surface area contributed by atoms with Gasteiger partial charge in [-0.3, -0.25) is 19.1 Å². The molecule has 4 aliphatic rings. The van der Waals surface area contributed by atoms with Crippen molar-refractivity contribution >= 4 is 44.6 Å². The van der Waals surface area contributed by atoms with Gasteiger partial charge in [0.2, 0.25) is 27.7 Å². The van der Waals surface area contributed by atoms with Crippen molar-refractivity contribution in [3.63, 3.8) is 0 Å². The third-order valence-electron chi connectivity index (χ3n) is 11.0. The molecule has 7 atom stereocenters. The molecular formula is C35H47N5O9S. The Morgan fingerprint density at radius 1 is 1.12 bits per heavy atom. The average Bonchev–Trinajstić information content (AvgIpc) is 3.95. The Kier molecular flexibility index (Phi) is 8.61. The molecule has 0 spiro atoms. The number of carbonyl (C=O) groups excluding carboxylic acids is 3. The fourth-order valence-corrected chi connectivity index (χ4v) is 8.94. The highest BCUT2D eigenvalue weighted by molar-refractivity contribution is 7.91. The summed E-state index contributed by atoms with van der Waals surface area (Å²) in [4.78, 5) is 60.1. The van der Waals surface area contributed by atoms with E-state index >= 15 is 0 Å². The number of carbonyl (C=O) groups is 4. The van der Waals surface area contributed by atoms with Gasteiger partial charge in [-0.1, -0.05) is 51.3 Å². The summed E-state index contributed by atoms with van der Waals surface area (Å²) < 4.78 is 61.5. The van der Waals surface area contributed by atoms with Gasteiger partial charge < -0.3 is 30.1 Å². The fourth-order valence-electron chi connectivity index (χ4n) is 7.63. The molecule has 15 heteroatoms. The Bertz CT molecular complexity index is 1890. The van der Waals surface area contributed by atoms with Crippen LogP contribution in [0.1, 0.15) is 82.7 Å². The van der Waals surface area contributed by atoms with Crippen LogP contribution >= 0.6 is 0 Å². The summed E-state index contributed by atoms with van der Waals surface area (Å²) in [7, 11) is -6.74. The Labute approximate surface area is 296 Å². The fraction of sp³-hybridized carbons (Fsp3) is 0.629. The number of nitrogens with zero attached hydrogens (tertiary/aromatic N) is 2. The molecule has 2 saturated carbocycles. The van der Waals surface area contributed by atoms with Crippen molar-refractivity contribution in [1.82, 2.24) is 25.2 Å². The van der Waals surface area contributed by atoms with Crippen LogP contribution in [0.4, 0.5) is 4.79 Å². The number of rotatable bonds is 7. The van der Waals surface area contributed by atoms with Gasteiger partial charge in [-0.25, -0.2) is 18.2 Å². The van der Waals surface area contributed by atoms with Gasteiger partial charge >= 0.3 is 6.09 Å². The van der Waals surface area contributed by atoms with Crippen molar-refractivity contribution in [2.24, 2.45) is 17.8 Å². The predicted molar refractivity (Wildman–Crippen MR) is 183 cm³/mol. The van der Waals surface area contributed by atoms with Crippen molar-refractivity contribution in [2.75, 3.05) is 13.6 Å². The van der Waals surface area contributed by atoms with E-state index in [-0.39, 0.29) is 42.9 Å². The van der Waals surface area contributed by atoms with Crippen LogP contribution in [0.25, 0.3) is 10.8 Å². The first-order valence-electron chi connectivity index (χ1n) is 18.7. The van der Waals surface area contributed by atoms with Gasteiger partial charge in [0.1, 0.15) is 29.5 Å². The number of carboxylic acid groups (broad SMARTS) is 1. The lowest BCUT2D eigenvalue weighted by Gasteiger charge is -2.32. The number of methoxy groups -OCH3 is 1. The first-order chi connectivity index (χ1) is 24.8. The van der Waals surface area contributed by atoms with Crippen LogP contribution in [0.5, 0.6) is 11.6 Å². The number of pyridine rings is 1. The Morgan fingerprint density at radius 2 is 1.84 bits per heavy atom. The lowest BCUT2D eigenvalue weighted by Crippen LogP contribution is -2.59. The molecule has 3 heterocycles. The van der Waals surface area contributed by atoms with Gasteiger partial charge in [0, 0.05) is 17.2 Å². The van der Waals surface area contributed by atoms with Crippen molar-refractivity contribution in [3.8, 4) is 11.6 Å². The van der Waals surface area contributed by atoms with E-state index in [0.29, 0.717) is 36.5 Å². The van der Waals surface area contributed by atoms with E-state index in [9.17, 15) is 32.7 Å². The molecule has 4 amide bonds. The smallest absolute Gasteiger partial charge is 0.405 e. The largest absolute Gasteiger partial charge is 0.494 e. The molecule has 14 nitrogen and oxygen atoms in total. The Hall–Kier alpha value is -4.14. The molecule has 6 rings (SSSR count). The molecule has 2 aliphatic carbocycles. The number of sulfonamides is 1. The van der Waals surface area contributed by atoms with E-state index in [1.165, 1.54) is 11.1 Å². The molecular weight excluding hydrogens is 666 g/mol. The quantitative estimate of drug-likeness (QED) is 0.330. The summed E-state index contributed by atoms with van der Waals surface area (Å²) >= 11 is 0. The lowest BCUT2D eigenvalue weighted by molar-refractivity contribution is -0.142. The molecule has 2 saturated heterocycles. The molecule has 2 aliphatic heterocycles. The van der Waals surface area contributed by atoms with Crippen LogP contribution in [0, 0.1) is 17.8 Å². The van der Waals surface area contributed by atoms with E-state index in [4.69, 9.17) is 13.6 Å². The minimum Gasteiger partial charge on any atom is -0.494 e. The minimum atomic E-state index is -4.01. The maximum Gasteiger partial charge on any atom is 0.405 e. The van der Waals surface area contributed by atoms with Crippen molar-refractivity contribution in [1.29, 1.82) is 0 Å². The van der Waals surface area contributed by atoms with E-state index in [1.54, 1.807) is 38.1 Å². The van der Waals surface area contributed by atoms with Gasteiger partial charge in [0.15, 0.2) is 0 Å². The van der Waals surface area contributed by atoms with Crippen LogP contribution in [-0.2, 0) is 24.4 Å². The second kappa shape index (κ2) is 13.5. The molecule has 272 valence electrons. The van der Waals surface area contributed by atoms with Gasteiger partial charge in [-0.2, -0.15) is 0 Å². The molecule has 1 aromatic heterocycles. The number of amides is 4. The number of nitrogens with one attached hydrogen (secondary N) is 3. The molecule has 0 radical (unpaired) electrons. The first-order valence-corrected chi connectivity index (χ1v) is 18.7. The van der Waals surface area contributed by atoms with Crippen molar-refractivity contribution in [2.45, 2.75) is 107 Å². The van der Waals surface area contributed by atoms with Crippen LogP contribution in [0.2, 0.25) is 0 Å². The highest BCUT2D eigenvalue weighted by Crippen LogP contribution is 2.49. The molecule has 0 unspecified atom stereocenters. The maximum absolute atomic E-state index is 14.4. The number of aromatic nitrogens is 1. The first kappa shape index (κ1) is 31.8. The predicted octanol–water partition coefficient (Wildman–Crippen LogP) is 3.34. The zero-order valence-electron chi connectivity index (χ0n) is 31.4. The lowest BCUT2D eigenvalue weighted by atomic mass is 9.87. The highest BCUT2D eigenvalue weighted by Gasteiger charge is 2.63. The molecule has 0 bridgehead atoms. The third-order valence-corrected chi connectivity index (χ3v) is 13.2. The molecule has 2 aromatic rings. The van der Waals surface area contributed by atoms with Crippen LogP contribution in [0.15, 0.2) is 30.5 Å². The second-order valence-electron chi connectivity index (χ2n) is 14.8. The SMILES string of the molecule is [2H]C([2H])([2H])Oc1cnc(O[C@@H]2C[C@H]3C(=O)N[C@]4(C(=O)NS(=O)(=O)C5(C)CC5)C[C@H]4CCCC[C@@H](C)C[C@@H](C)[C@H](NC(=O)O)C(=O)N3C2)c2ccccc12. The van der Waals surface area contributed by atoms with Gasteiger partial charge in [0.05, 0.1) is 28.6 Å². The summed E-state index contributed by atoms with van der Waals surface area (Å²) in [5, 5.41) is 15.8. The summed E-state index contributed by atoms with van der Waals surface area (Å²) in [5.74, 6) is -2.65. The van der Waals surface area contributed by atoms with Crippen LogP contribution in [0.3, 0.4) is 0 Å². The summed E-state index contributed by atoms with van der Waals surface area (Å²) in [6.45, 7) is 5.25. The number of fused-ring (bicyclic) bond motifs is 3. The van der Waals surface area contributed by atoms with Gasteiger partial charge in [0.25, 0.3) is 5.91 Å². The molecule has 4 N–H and O–H groups in total. The van der Waals surface area contributed by atoms with Crippen LogP contribution in [-0.4, -0.2) is 89.3 Å². The standard InChI is InChI=1S/C35H47N5O9S/c1-20-9-5-6-10-22-17-35(22,32(43)39-50(46,47)34(3)13-14-34)38-29(41)26-16-23(19-40(26)31(42)28(21(2)15-20)37-33(44)45)49-30-25-12-8-7-11-24(25)27(48-4)18-36-30/h7-8,11-12,18,20-23,26,28,37H,5-6,9-10,13-17,19H2,1-4H3,(H,38,41)(H,39,43)(H,44,45)/t20-,21-,22-,23-,26+,28+,35-/m1/s1/i4D3. The molecule has 4 fully saturated rings. The molecule has 1 aromatic carbocycles. The zero-order valence-corrected chi connectivity index (χ0v) is 29.3. The monoisotopic (exact) mass is 716 g/mol. The topological polar surface area (TPSA) is 193 Å². The zero-order chi connectivity index (χ0) is 38.5. The Morgan fingerprint density at radius 3 is 2.54 bits per heavy atom. The van der Waals surface area contributed by atoms with E-state index < -0.39 is 75.3 Å². The Balaban J connectivity index is 1.33. The van der Waals surface area contributed by atoms with Crippen LogP contribution < -0.4 is 24.8 Å². The summed E-state index contributed by atoms with van der Waals surface area (Å²) in [6.07, 6.45) is 3.43. The third kappa shape index (κ3) is 6.93. The maximum atomic E-state index is 14.4. The van der Waals surface area contributed by atoms with E-state index in [2.05, 4.69) is 20.3 Å². The summed E-state index contributed by atoms with van der Waals surface area (Å²) in [5.41, 5.74) is -1.50. The highest BCUT2D eigenvalue weighted by atomic mass is 32.2. The van der Waals surface area contributed by atoms with Gasteiger partial charge in [-0.15, -0.1) is 0 Å². The van der Waals surface area contributed by atoms with E-state index in [0.717, 1.165) is 19.3 Å². The van der Waals surface area contributed by atoms with Crippen molar-refractivity contribution < 1.29 is 46.3 Å². The number of ether oxygens (including phenoxy) is 2. The molecule has 50 heavy (non-hydrogen) atoms. The van der Waals surface area contributed by atoms with E-state index in [1.807, 2.05) is 6.92 Å². The number of hydrogen-bond donors (Lipinski definition) is 4. The second-order valence-corrected chi connectivity index (χ2v) is 17.0.